The molecule has 172 valence electrons. The maximum absolute atomic E-state index is 11.9. The van der Waals surface area contributed by atoms with Crippen LogP contribution in [0.25, 0.3) is 33.5 Å². The number of benzene rings is 1. The van der Waals surface area contributed by atoms with E-state index >= 15 is 0 Å². The molecule has 11 nitrogen and oxygen atoms in total. The van der Waals surface area contributed by atoms with Crippen LogP contribution in [0.1, 0.15) is 29.4 Å². The molecular formula is C22H25N7O4. The maximum atomic E-state index is 11.9. The second-order valence-corrected chi connectivity index (χ2v) is 7.73. The minimum atomic E-state index is -1.00. The fraction of sp³-hybridized carbons (Fsp3) is 0.318. The minimum Gasteiger partial charge on any atom is -0.491 e. The van der Waals surface area contributed by atoms with E-state index in [1.165, 1.54) is 11.9 Å². The Morgan fingerprint density at radius 2 is 2.06 bits per heavy atom. The first kappa shape index (κ1) is 22.1. The number of nitrogens with one attached hydrogen (secondary N) is 1. The molecule has 3 heterocycles. The number of fused-ring (bicyclic) bond motifs is 3. The molecular weight excluding hydrogens is 426 g/mol. The van der Waals surface area contributed by atoms with Crippen molar-refractivity contribution in [3.05, 3.63) is 35.7 Å². The third kappa shape index (κ3) is 4.29. The first-order valence-electron chi connectivity index (χ1n) is 10.5. The van der Waals surface area contributed by atoms with Crippen LogP contribution in [0.4, 0.5) is 4.79 Å². The van der Waals surface area contributed by atoms with Gasteiger partial charge in [0.2, 0.25) is 5.91 Å². The number of nitrogens with zero attached hydrogens (tertiary/aromatic N) is 5. The van der Waals surface area contributed by atoms with Crippen LogP contribution in [0.15, 0.2) is 24.4 Å². The van der Waals surface area contributed by atoms with E-state index in [0.29, 0.717) is 53.2 Å². The minimum absolute atomic E-state index is 0.260. The Kier molecular flexibility index (Phi) is 5.86. The molecule has 4 N–H and O–H groups in total. The zero-order valence-corrected chi connectivity index (χ0v) is 18.6. The van der Waals surface area contributed by atoms with Gasteiger partial charge in [0.05, 0.1) is 17.8 Å². The van der Waals surface area contributed by atoms with Crippen molar-refractivity contribution in [2.24, 2.45) is 5.73 Å². The number of H-pyrrole nitrogens is 1. The number of primary amides is 1. The Labute approximate surface area is 189 Å². The number of aryl methyl sites for hydroxylation is 2. The van der Waals surface area contributed by atoms with Gasteiger partial charge in [-0.15, -0.1) is 0 Å². The summed E-state index contributed by atoms with van der Waals surface area (Å²) in [6.07, 6.45) is 1.18. The second kappa shape index (κ2) is 8.77. The van der Waals surface area contributed by atoms with Crippen LogP contribution in [0.5, 0.6) is 5.75 Å². The van der Waals surface area contributed by atoms with Crippen molar-refractivity contribution in [3.63, 3.8) is 0 Å². The summed E-state index contributed by atoms with van der Waals surface area (Å²) in [5, 5.41) is 14.9. The predicted molar refractivity (Wildman–Crippen MR) is 122 cm³/mol. The van der Waals surface area contributed by atoms with Crippen molar-refractivity contribution in [1.29, 1.82) is 0 Å². The lowest BCUT2D eigenvalue weighted by atomic mass is 10.1. The van der Waals surface area contributed by atoms with E-state index in [-0.39, 0.29) is 6.61 Å². The lowest BCUT2D eigenvalue weighted by Gasteiger charge is -2.13. The molecule has 4 aromatic rings. The van der Waals surface area contributed by atoms with Crippen LogP contribution in [0.2, 0.25) is 0 Å². The Morgan fingerprint density at radius 1 is 1.27 bits per heavy atom. The molecule has 0 radical (unpaired) electrons. The van der Waals surface area contributed by atoms with E-state index in [2.05, 4.69) is 20.1 Å². The Hall–Kier alpha value is -4.15. The zero-order chi connectivity index (χ0) is 23.7. The van der Waals surface area contributed by atoms with Gasteiger partial charge < -0.3 is 25.5 Å². The predicted octanol–water partition coefficient (Wildman–Crippen LogP) is 2.78. The average molecular weight is 451 g/mol. The number of aromatic amines is 1. The number of amides is 2. The van der Waals surface area contributed by atoms with Gasteiger partial charge >= 0.3 is 6.09 Å². The molecule has 1 aromatic carbocycles. The fourth-order valence-electron chi connectivity index (χ4n) is 3.67. The lowest BCUT2D eigenvalue weighted by Crippen LogP contribution is -2.26. The zero-order valence-electron chi connectivity index (χ0n) is 18.6. The fourth-order valence-corrected chi connectivity index (χ4v) is 3.67. The van der Waals surface area contributed by atoms with Gasteiger partial charge in [-0.3, -0.25) is 9.48 Å². The van der Waals surface area contributed by atoms with Crippen molar-refractivity contribution < 1.29 is 19.4 Å². The summed E-state index contributed by atoms with van der Waals surface area (Å²) in [4.78, 5) is 36.5. The van der Waals surface area contributed by atoms with E-state index in [1.54, 1.807) is 18.3 Å². The van der Waals surface area contributed by atoms with E-state index in [0.717, 1.165) is 16.8 Å². The highest BCUT2D eigenvalue weighted by atomic mass is 16.5. The largest absolute Gasteiger partial charge is 0.491 e. The highest BCUT2D eigenvalue weighted by molar-refractivity contribution is 6.11. The summed E-state index contributed by atoms with van der Waals surface area (Å²) >= 11 is 0. The molecule has 3 aromatic heterocycles. The van der Waals surface area contributed by atoms with Crippen molar-refractivity contribution in [2.45, 2.75) is 26.8 Å². The first-order chi connectivity index (χ1) is 15.8. The molecule has 0 unspecified atom stereocenters. The SMILES string of the molecule is CCn1nc(C)cc1-c1ncc2c(n1)[nH]c1c(OCCCN(C)C(=O)O)cc(C(N)=O)cc12. The Balaban J connectivity index is 1.73. The molecule has 0 bridgehead atoms. The molecule has 4 rings (SSSR count). The Morgan fingerprint density at radius 3 is 2.76 bits per heavy atom. The number of carbonyl (C=O) groups excluding carboxylic acids is 1. The van der Waals surface area contributed by atoms with Gasteiger partial charge in [-0.1, -0.05) is 0 Å². The smallest absolute Gasteiger partial charge is 0.407 e. The summed E-state index contributed by atoms with van der Waals surface area (Å²) in [7, 11) is 1.49. The average Bonchev–Trinajstić information content (AvgIpc) is 3.35. The van der Waals surface area contributed by atoms with Gasteiger partial charge in [0.25, 0.3) is 0 Å². The van der Waals surface area contributed by atoms with Gasteiger partial charge in [0.1, 0.15) is 17.1 Å². The topological polar surface area (TPSA) is 152 Å². The van der Waals surface area contributed by atoms with Crippen LogP contribution >= 0.6 is 0 Å². The van der Waals surface area contributed by atoms with Crippen molar-refractivity contribution in [2.75, 3.05) is 20.2 Å². The maximum Gasteiger partial charge on any atom is 0.407 e. The van der Waals surface area contributed by atoms with Gasteiger partial charge in [-0.25, -0.2) is 14.8 Å². The summed E-state index contributed by atoms with van der Waals surface area (Å²) in [5.74, 6) is 0.389. The van der Waals surface area contributed by atoms with E-state index in [9.17, 15) is 9.59 Å². The molecule has 33 heavy (non-hydrogen) atoms. The normalized spacial score (nSPS) is 11.2. The number of nitrogens with two attached hydrogens (primary N) is 1. The molecule has 0 spiro atoms. The highest BCUT2D eigenvalue weighted by Crippen LogP contribution is 2.33. The molecule has 0 atom stereocenters. The summed E-state index contributed by atoms with van der Waals surface area (Å²) in [6.45, 7) is 5.19. The van der Waals surface area contributed by atoms with Crippen LogP contribution in [-0.4, -0.2) is 66.9 Å². The van der Waals surface area contributed by atoms with Crippen LogP contribution in [-0.2, 0) is 6.54 Å². The van der Waals surface area contributed by atoms with Gasteiger partial charge in [0.15, 0.2) is 5.82 Å². The molecule has 0 aliphatic rings. The molecule has 11 heteroatoms. The number of carbonyl (C=O) groups is 2. The molecule has 0 saturated carbocycles. The molecule has 0 fully saturated rings. The van der Waals surface area contributed by atoms with Crippen molar-refractivity contribution in [1.82, 2.24) is 29.6 Å². The van der Waals surface area contributed by atoms with Gasteiger partial charge in [-0.2, -0.15) is 5.10 Å². The molecule has 0 saturated heterocycles. The molecule has 0 aliphatic heterocycles. The number of carboxylic acid groups (broad SMARTS) is 1. The van der Waals surface area contributed by atoms with Crippen LogP contribution in [0.3, 0.4) is 0 Å². The van der Waals surface area contributed by atoms with Crippen molar-refractivity contribution >= 4 is 33.9 Å². The first-order valence-corrected chi connectivity index (χ1v) is 10.5. The standard InChI is InChI=1S/C22H25N7O4/c1-4-29-16(8-12(2)27-29)21-24-11-15-14-9-13(19(23)30)10-17(18(14)25-20(15)26-21)33-7-5-6-28(3)22(31)32/h8-11H,4-7H2,1-3H3,(H2,23,30)(H,31,32)(H,24,25,26). The van der Waals surface area contributed by atoms with Gasteiger partial charge in [0, 0.05) is 42.7 Å². The van der Waals surface area contributed by atoms with E-state index < -0.39 is 12.0 Å². The molecule has 0 aliphatic carbocycles. The van der Waals surface area contributed by atoms with Crippen LogP contribution < -0.4 is 10.5 Å². The number of hydrogen-bond acceptors (Lipinski definition) is 6. The summed E-state index contributed by atoms with van der Waals surface area (Å²) in [6, 6.07) is 5.19. The Bertz CT molecular complexity index is 1360. The third-order valence-corrected chi connectivity index (χ3v) is 5.36. The van der Waals surface area contributed by atoms with Crippen molar-refractivity contribution in [3.8, 4) is 17.3 Å². The molecule has 2 amide bonds. The third-order valence-electron chi connectivity index (χ3n) is 5.36. The lowest BCUT2D eigenvalue weighted by molar-refractivity contribution is 0.0999. The monoisotopic (exact) mass is 451 g/mol. The summed E-state index contributed by atoms with van der Waals surface area (Å²) < 4.78 is 7.74. The highest BCUT2D eigenvalue weighted by Gasteiger charge is 2.17. The number of rotatable bonds is 8. The van der Waals surface area contributed by atoms with E-state index in [1.807, 2.05) is 24.6 Å². The summed E-state index contributed by atoms with van der Waals surface area (Å²) in [5.41, 5.74) is 8.77. The second-order valence-electron chi connectivity index (χ2n) is 7.73. The van der Waals surface area contributed by atoms with E-state index in [4.69, 9.17) is 15.6 Å². The van der Waals surface area contributed by atoms with Gasteiger partial charge in [-0.05, 0) is 38.5 Å². The quantitative estimate of drug-likeness (QED) is 0.348. The number of ether oxygens (including phenoxy) is 1. The number of hydrogen-bond donors (Lipinski definition) is 3. The number of aromatic nitrogens is 5. The van der Waals surface area contributed by atoms with Crippen LogP contribution in [0, 0.1) is 6.92 Å².